The second kappa shape index (κ2) is 8.05. The van der Waals surface area contributed by atoms with Gasteiger partial charge in [-0.3, -0.25) is 9.59 Å². The molecule has 0 saturated carbocycles. The van der Waals surface area contributed by atoms with Crippen LogP contribution in [0.15, 0.2) is 79.6 Å². The van der Waals surface area contributed by atoms with E-state index in [4.69, 9.17) is 9.47 Å². The van der Waals surface area contributed by atoms with Gasteiger partial charge in [-0.1, -0.05) is 55.3 Å². The van der Waals surface area contributed by atoms with Gasteiger partial charge in [-0.2, -0.15) is 0 Å². The maximum Gasteiger partial charge on any atom is 0.343 e. The molecular weight excluding hydrogens is 472 g/mol. The zero-order valence-corrected chi connectivity index (χ0v) is 19.1. The molecule has 0 unspecified atom stereocenters. The first-order chi connectivity index (χ1) is 17.8. The molecule has 3 aromatic rings. The van der Waals surface area contributed by atoms with Crippen LogP contribution in [0, 0.1) is 0 Å². The van der Waals surface area contributed by atoms with E-state index in [1.165, 1.54) is 0 Å². The fourth-order valence-electron chi connectivity index (χ4n) is 4.35. The molecule has 4 aliphatic heterocycles. The number of hydrogen-bond acceptors (Lipinski definition) is 6. The van der Waals surface area contributed by atoms with E-state index in [0.29, 0.717) is 33.8 Å². The summed E-state index contributed by atoms with van der Waals surface area (Å²) in [6, 6.07) is 17.9. The molecule has 7 rings (SSSR count). The molecule has 3 aromatic carbocycles. The number of rotatable bonds is 0. The van der Waals surface area contributed by atoms with Gasteiger partial charge in [0.15, 0.2) is 0 Å². The van der Waals surface area contributed by atoms with Gasteiger partial charge in [-0.15, -0.1) is 0 Å². The molecule has 0 saturated heterocycles. The van der Waals surface area contributed by atoms with Crippen LogP contribution in [0.5, 0.6) is 11.5 Å². The summed E-state index contributed by atoms with van der Waals surface area (Å²) >= 11 is 0. The van der Waals surface area contributed by atoms with E-state index in [0.717, 1.165) is 22.5 Å². The number of amides is 2. The number of fused-ring (bicyclic) bond motifs is 4. The molecule has 37 heavy (non-hydrogen) atoms. The normalized spacial score (nSPS) is 16.0. The minimum Gasteiger partial charge on any atom is -0.422 e. The third kappa shape index (κ3) is 3.48. The Morgan fingerprint density at radius 1 is 0.595 bits per heavy atom. The van der Waals surface area contributed by atoms with Crippen LogP contribution in [0.4, 0.5) is 11.4 Å². The molecule has 8 nitrogen and oxygen atoms in total. The molecule has 0 radical (unpaired) electrons. The summed E-state index contributed by atoms with van der Waals surface area (Å²) < 4.78 is 9.96. The molecule has 0 aromatic heterocycles. The highest BCUT2D eigenvalue weighted by Crippen LogP contribution is 2.43. The van der Waals surface area contributed by atoms with Gasteiger partial charge in [0.25, 0.3) is 11.8 Å². The van der Waals surface area contributed by atoms with Crippen LogP contribution in [0.2, 0.25) is 0 Å². The third-order valence-electron chi connectivity index (χ3n) is 6.22. The molecule has 4 aliphatic rings. The second-order valence-corrected chi connectivity index (χ2v) is 8.46. The highest BCUT2D eigenvalue weighted by atomic mass is 16.5. The van der Waals surface area contributed by atoms with Crippen molar-refractivity contribution in [2.45, 2.75) is 0 Å². The summed E-state index contributed by atoms with van der Waals surface area (Å²) in [5, 5.41) is 5.55. The van der Waals surface area contributed by atoms with Crippen molar-refractivity contribution in [3.05, 3.63) is 102 Å². The fraction of sp³-hybridized carbons (Fsp3) is 0. The van der Waals surface area contributed by atoms with Crippen LogP contribution >= 0.6 is 0 Å². The van der Waals surface area contributed by atoms with Gasteiger partial charge in [0.1, 0.15) is 11.5 Å². The molecule has 0 spiro atoms. The van der Waals surface area contributed by atoms with Gasteiger partial charge >= 0.3 is 11.9 Å². The Bertz CT molecular complexity index is 1600. The molecule has 8 heteroatoms. The van der Waals surface area contributed by atoms with E-state index in [1.807, 2.05) is 48.5 Å². The van der Waals surface area contributed by atoms with Crippen molar-refractivity contribution in [2.75, 3.05) is 10.6 Å². The molecule has 178 valence electrons. The van der Waals surface area contributed by atoms with Gasteiger partial charge in [0.2, 0.25) is 0 Å². The van der Waals surface area contributed by atoms with Crippen LogP contribution < -0.4 is 20.1 Å². The van der Waals surface area contributed by atoms with Crippen molar-refractivity contribution in [1.29, 1.82) is 0 Å². The van der Waals surface area contributed by atoms with E-state index in [-0.39, 0.29) is 23.0 Å². The van der Waals surface area contributed by atoms with Gasteiger partial charge < -0.3 is 20.1 Å². The van der Waals surface area contributed by atoms with Crippen molar-refractivity contribution < 1.29 is 28.7 Å². The lowest BCUT2D eigenvalue weighted by molar-refractivity contribution is -0.127. The zero-order chi connectivity index (χ0) is 25.8. The Morgan fingerprint density at radius 2 is 1.00 bits per heavy atom. The molecular formula is C29H16N2O6. The number of carbonyl (C=O) groups excluding carboxylic acids is 4. The second-order valence-electron chi connectivity index (χ2n) is 8.46. The van der Waals surface area contributed by atoms with E-state index in [1.54, 1.807) is 12.1 Å². The SMILES string of the molecule is C=C1C(=O)Oc2cc3c(cc21)OC(=O)C3=C.O=C1Nc2ccccc2C1=C=C1C(=O)Nc2ccccc21. The van der Waals surface area contributed by atoms with Crippen LogP contribution in [0.3, 0.4) is 0 Å². The molecule has 2 N–H and O–H groups in total. The molecule has 0 bridgehead atoms. The summed E-state index contributed by atoms with van der Waals surface area (Å²) in [5.74, 6) is -0.630. The Balaban J connectivity index is 0.000000141. The fourth-order valence-corrected chi connectivity index (χ4v) is 4.35. The lowest BCUT2D eigenvalue weighted by Gasteiger charge is -2.00. The number of carbonyl (C=O) groups is 4. The molecule has 0 atom stereocenters. The topological polar surface area (TPSA) is 111 Å². The minimum absolute atomic E-state index is 0.235. The standard InChI is InChI=1S/C17H10N2O2.C12H6O4/c20-16-12(10-5-1-3-7-14(10)18-16)9-13-11-6-2-4-8-15(11)19-17(13)21;1-5-7-3-10-8(6(2)12(14)16-10)4-9(7)15-11(5)13/h1-8H,(H,18,20)(H,19,21);3-4H,1-2H2. The van der Waals surface area contributed by atoms with E-state index in [9.17, 15) is 19.2 Å². The van der Waals surface area contributed by atoms with Crippen molar-refractivity contribution >= 4 is 57.4 Å². The van der Waals surface area contributed by atoms with Crippen molar-refractivity contribution in [1.82, 2.24) is 0 Å². The number of ether oxygens (including phenoxy) is 2. The number of benzene rings is 3. The van der Waals surface area contributed by atoms with E-state index in [2.05, 4.69) is 29.5 Å². The molecule has 2 amide bonds. The minimum atomic E-state index is -0.476. The summed E-state index contributed by atoms with van der Waals surface area (Å²) in [5.41, 5.74) is 8.49. The Hall–Kier alpha value is -5.46. The van der Waals surface area contributed by atoms with Crippen molar-refractivity contribution in [2.24, 2.45) is 0 Å². The molecule has 0 aliphatic carbocycles. The molecule has 0 fully saturated rings. The largest absolute Gasteiger partial charge is 0.422 e. The van der Waals surface area contributed by atoms with Gasteiger partial charge in [-0.25, -0.2) is 9.59 Å². The number of hydrogen-bond donors (Lipinski definition) is 2. The number of esters is 2. The Labute approximate surface area is 210 Å². The van der Waals surface area contributed by atoms with E-state index >= 15 is 0 Å². The summed E-state index contributed by atoms with van der Waals surface area (Å²) in [6.45, 7) is 7.21. The predicted molar refractivity (Wildman–Crippen MR) is 136 cm³/mol. The lowest BCUT2D eigenvalue weighted by Crippen LogP contribution is -2.05. The van der Waals surface area contributed by atoms with E-state index < -0.39 is 11.9 Å². The average Bonchev–Trinajstić information content (AvgIpc) is 3.56. The predicted octanol–water partition coefficient (Wildman–Crippen LogP) is 4.21. The van der Waals surface area contributed by atoms with Crippen LogP contribution in [0.25, 0.3) is 22.3 Å². The van der Waals surface area contributed by atoms with Gasteiger partial charge in [-0.05, 0) is 24.3 Å². The first-order valence-electron chi connectivity index (χ1n) is 11.1. The maximum absolute atomic E-state index is 12.1. The monoisotopic (exact) mass is 488 g/mol. The van der Waals surface area contributed by atoms with Gasteiger partial charge in [0, 0.05) is 33.6 Å². The lowest BCUT2D eigenvalue weighted by atomic mass is 10.0. The average molecular weight is 488 g/mol. The Kier molecular flexibility index (Phi) is 4.79. The first kappa shape index (κ1) is 22.0. The van der Waals surface area contributed by atoms with Gasteiger partial charge in [0.05, 0.1) is 22.3 Å². The summed E-state index contributed by atoms with van der Waals surface area (Å²) in [4.78, 5) is 46.7. The highest BCUT2D eigenvalue weighted by Gasteiger charge is 2.33. The zero-order valence-electron chi connectivity index (χ0n) is 19.1. The number of anilines is 2. The maximum atomic E-state index is 12.1. The summed E-state index contributed by atoms with van der Waals surface area (Å²) in [7, 11) is 0. The molecule has 4 heterocycles. The number of para-hydroxylation sites is 2. The number of nitrogens with one attached hydrogen (secondary N) is 2. The van der Waals surface area contributed by atoms with Crippen LogP contribution in [-0.4, -0.2) is 23.8 Å². The van der Waals surface area contributed by atoms with Crippen molar-refractivity contribution in [3.63, 3.8) is 0 Å². The van der Waals surface area contributed by atoms with Crippen molar-refractivity contribution in [3.8, 4) is 11.5 Å². The summed E-state index contributed by atoms with van der Waals surface area (Å²) in [6.07, 6.45) is 0. The quantitative estimate of drug-likeness (QED) is 0.212. The van der Waals surface area contributed by atoms with Crippen LogP contribution in [0.1, 0.15) is 22.3 Å². The Morgan fingerprint density at radius 3 is 1.43 bits per heavy atom. The third-order valence-corrected chi connectivity index (χ3v) is 6.22. The highest BCUT2D eigenvalue weighted by molar-refractivity contribution is 6.36. The van der Waals surface area contributed by atoms with Crippen LogP contribution in [-0.2, 0) is 19.2 Å². The first-order valence-corrected chi connectivity index (χ1v) is 11.1. The smallest absolute Gasteiger partial charge is 0.343 e.